The molecule has 1 aromatic carbocycles. The van der Waals surface area contributed by atoms with Crippen molar-refractivity contribution in [1.29, 1.82) is 0 Å². The molecule has 5 heteroatoms. The number of furan rings is 1. The van der Waals surface area contributed by atoms with E-state index in [0.29, 0.717) is 6.54 Å². The van der Waals surface area contributed by atoms with Crippen molar-refractivity contribution in [3.8, 4) is 0 Å². The van der Waals surface area contributed by atoms with Crippen molar-refractivity contribution in [2.45, 2.75) is 33.4 Å². The Kier molecular flexibility index (Phi) is 5.43. The Morgan fingerprint density at radius 1 is 1.16 bits per heavy atom. The molecule has 0 saturated carbocycles. The van der Waals surface area contributed by atoms with Crippen molar-refractivity contribution in [2.24, 2.45) is 0 Å². The predicted octanol–water partition coefficient (Wildman–Crippen LogP) is 2.72. The van der Waals surface area contributed by atoms with Gasteiger partial charge in [-0.15, -0.1) is 0 Å². The van der Waals surface area contributed by atoms with E-state index in [9.17, 15) is 4.79 Å². The van der Waals surface area contributed by atoms with E-state index < -0.39 is 0 Å². The number of benzene rings is 1. The fourth-order valence-corrected chi connectivity index (χ4v) is 3.19. The highest BCUT2D eigenvalue weighted by Crippen LogP contribution is 2.20. The molecule has 3 rings (SSSR count). The van der Waals surface area contributed by atoms with Crippen LogP contribution < -0.4 is 10.2 Å². The molecule has 2 heterocycles. The highest BCUT2D eigenvalue weighted by atomic mass is 16.3. The van der Waals surface area contributed by atoms with Gasteiger partial charge >= 0.3 is 0 Å². The minimum atomic E-state index is -0.128. The third-order valence-electron chi connectivity index (χ3n) is 5.11. The molecule has 1 atom stereocenters. The summed E-state index contributed by atoms with van der Waals surface area (Å²) in [5, 5.41) is 2.95. The number of aryl methyl sites for hydroxylation is 2. The van der Waals surface area contributed by atoms with Crippen LogP contribution in [0, 0.1) is 13.8 Å². The minimum Gasteiger partial charge on any atom is -0.467 e. The van der Waals surface area contributed by atoms with Gasteiger partial charge < -0.3 is 14.6 Å². The van der Waals surface area contributed by atoms with Crippen LogP contribution in [0.1, 0.15) is 23.8 Å². The Morgan fingerprint density at radius 2 is 1.92 bits per heavy atom. The first-order valence-electron chi connectivity index (χ1n) is 8.91. The van der Waals surface area contributed by atoms with E-state index in [2.05, 4.69) is 47.2 Å². The van der Waals surface area contributed by atoms with Crippen LogP contribution in [0.3, 0.4) is 0 Å². The maximum atomic E-state index is 12.4. The van der Waals surface area contributed by atoms with E-state index >= 15 is 0 Å². The Bertz CT molecular complexity index is 704. The summed E-state index contributed by atoms with van der Waals surface area (Å²) in [5.74, 6) is 0.830. The molecular formula is C20H27N3O2. The zero-order valence-electron chi connectivity index (χ0n) is 15.3. The van der Waals surface area contributed by atoms with Gasteiger partial charge in [-0.3, -0.25) is 9.69 Å². The Balaban J connectivity index is 1.50. The first-order chi connectivity index (χ1) is 12.0. The standard InChI is InChI=1S/C20H27N3O2/c1-15-6-7-18(13-16(15)2)23-10-8-22(9-11-23)17(3)20(24)21-14-19-5-4-12-25-19/h4-7,12-13,17H,8-11,14H2,1-3H3,(H,21,24). The second kappa shape index (κ2) is 7.74. The van der Waals surface area contributed by atoms with Gasteiger partial charge in [-0.2, -0.15) is 0 Å². The van der Waals surface area contributed by atoms with Crippen LogP contribution in [0.4, 0.5) is 5.69 Å². The molecule has 134 valence electrons. The predicted molar refractivity (Wildman–Crippen MR) is 99.7 cm³/mol. The Labute approximate surface area is 149 Å². The van der Waals surface area contributed by atoms with Crippen LogP contribution in [-0.4, -0.2) is 43.0 Å². The summed E-state index contributed by atoms with van der Waals surface area (Å²) in [4.78, 5) is 17.0. The first-order valence-corrected chi connectivity index (χ1v) is 8.91. The van der Waals surface area contributed by atoms with Crippen molar-refractivity contribution in [3.05, 3.63) is 53.5 Å². The highest BCUT2D eigenvalue weighted by molar-refractivity contribution is 5.81. The SMILES string of the molecule is Cc1ccc(N2CCN(C(C)C(=O)NCc3ccco3)CC2)cc1C. The molecule has 1 fully saturated rings. The Morgan fingerprint density at radius 3 is 2.56 bits per heavy atom. The van der Waals surface area contributed by atoms with Gasteiger partial charge in [-0.25, -0.2) is 0 Å². The molecule has 0 spiro atoms. The molecular weight excluding hydrogens is 314 g/mol. The second-order valence-electron chi connectivity index (χ2n) is 6.76. The molecule has 0 bridgehead atoms. The molecule has 1 aliphatic rings. The molecule has 0 radical (unpaired) electrons. The van der Waals surface area contributed by atoms with Crippen LogP contribution in [-0.2, 0) is 11.3 Å². The Hall–Kier alpha value is -2.27. The quantitative estimate of drug-likeness (QED) is 0.908. The fourth-order valence-electron chi connectivity index (χ4n) is 3.19. The van der Waals surface area contributed by atoms with E-state index in [1.165, 1.54) is 16.8 Å². The zero-order valence-corrected chi connectivity index (χ0v) is 15.3. The molecule has 5 nitrogen and oxygen atoms in total. The molecule has 2 aromatic rings. The van der Waals surface area contributed by atoms with E-state index in [4.69, 9.17) is 4.42 Å². The molecule has 0 aliphatic carbocycles. The summed E-state index contributed by atoms with van der Waals surface area (Å²) in [6, 6.07) is 10.2. The fraction of sp³-hybridized carbons (Fsp3) is 0.450. The van der Waals surface area contributed by atoms with E-state index in [0.717, 1.165) is 31.9 Å². The normalized spacial score (nSPS) is 16.7. The largest absolute Gasteiger partial charge is 0.467 e. The van der Waals surface area contributed by atoms with Crippen LogP contribution in [0.15, 0.2) is 41.0 Å². The van der Waals surface area contributed by atoms with Gasteiger partial charge in [0.2, 0.25) is 5.91 Å². The second-order valence-corrected chi connectivity index (χ2v) is 6.76. The molecule has 1 aliphatic heterocycles. The van der Waals surface area contributed by atoms with Crippen molar-refractivity contribution in [2.75, 3.05) is 31.1 Å². The number of anilines is 1. The van der Waals surface area contributed by atoms with Gasteiger partial charge in [0.05, 0.1) is 18.8 Å². The average molecular weight is 341 g/mol. The lowest BCUT2D eigenvalue weighted by molar-refractivity contribution is -0.126. The smallest absolute Gasteiger partial charge is 0.237 e. The lowest BCUT2D eigenvalue weighted by atomic mass is 10.1. The third-order valence-corrected chi connectivity index (χ3v) is 5.11. The van der Waals surface area contributed by atoms with Crippen LogP contribution in [0.5, 0.6) is 0 Å². The molecule has 1 unspecified atom stereocenters. The number of hydrogen-bond donors (Lipinski definition) is 1. The number of carbonyl (C=O) groups excluding carboxylic acids is 1. The number of nitrogens with one attached hydrogen (secondary N) is 1. The number of rotatable bonds is 5. The third kappa shape index (κ3) is 4.23. The number of nitrogens with zero attached hydrogens (tertiary/aromatic N) is 2. The van der Waals surface area contributed by atoms with Gasteiger partial charge in [0.25, 0.3) is 0 Å². The van der Waals surface area contributed by atoms with Crippen LogP contribution >= 0.6 is 0 Å². The van der Waals surface area contributed by atoms with Gasteiger partial charge in [0.15, 0.2) is 0 Å². The summed E-state index contributed by atoms with van der Waals surface area (Å²) in [7, 11) is 0. The maximum absolute atomic E-state index is 12.4. The number of carbonyl (C=O) groups is 1. The molecule has 1 amide bonds. The van der Waals surface area contributed by atoms with Crippen molar-refractivity contribution in [1.82, 2.24) is 10.2 Å². The average Bonchev–Trinajstić information content (AvgIpc) is 3.15. The molecule has 25 heavy (non-hydrogen) atoms. The summed E-state index contributed by atoms with van der Waals surface area (Å²) in [6.45, 7) is 10.4. The highest BCUT2D eigenvalue weighted by Gasteiger charge is 2.25. The molecule has 1 saturated heterocycles. The van der Waals surface area contributed by atoms with Gasteiger partial charge in [0.1, 0.15) is 5.76 Å². The van der Waals surface area contributed by atoms with Crippen molar-refractivity contribution < 1.29 is 9.21 Å². The summed E-state index contributed by atoms with van der Waals surface area (Å²) in [6.07, 6.45) is 1.62. The summed E-state index contributed by atoms with van der Waals surface area (Å²) >= 11 is 0. The van der Waals surface area contributed by atoms with Gasteiger partial charge in [-0.05, 0) is 56.2 Å². The van der Waals surface area contributed by atoms with Crippen LogP contribution in [0.25, 0.3) is 0 Å². The van der Waals surface area contributed by atoms with E-state index in [-0.39, 0.29) is 11.9 Å². The number of amides is 1. The zero-order chi connectivity index (χ0) is 17.8. The monoisotopic (exact) mass is 341 g/mol. The lowest BCUT2D eigenvalue weighted by Crippen LogP contribution is -2.53. The van der Waals surface area contributed by atoms with Gasteiger partial charge in [-0.1, -0.05) is 6.07 Å². The molecule has 1 aromatic heterocycles. The topological polar surface area (TPSA) is 48.7 Å². The first kappa shape index (κ1) is 17.5. The number of hydrogen-bond acceptors (Lipinski definition) is 4. The van der Waals surface area contributed by atoms with Gasteiger partial charge in [0, 0.05) is 31.9 Å². The summed E-state index contributed by atoms with van der Waals surface area (Å²) < 4.78 is 5.26. The van der Waals surface area contributed by atoms with Crippen molar-refractivity contribution >= 4 is 11.6 Å². The van der Waals surface area contributed by atoms with E-state index in [1.54, 1.807) is 6.26 Å². The van der Waals surface area contributed by atoms with Crippen molar-refractivity contribution in [3.63, 3.8) is 0 Å². The molecule has 1 N–H and O–H groups in total. The number of piperazine rings is 1. The van der Waals surface area contributed by atoms with Crippen LogP contribution in [0.2, 0.25) is 0 Å². The maximum Gasteiger partial charge on any atom is 0.237 e. The summed E-state index contributed by atoms with van der Waals surface area (Å²) in [5.41, 5.74) is 3.92. The van der Waals surface area contributed by atoms with E-state index in [1.807, 2.05) is 19.1 Å². The lowest BCUT2D eigenvalue weighted by Gasteiger charge is -2.38. The minimum absolute atomic E-state index is 0.0519.